The number of thiazole rings is 1. The van der Waals surface area contributed by atoms with Gasteiger partial charge in [-0.05, 0) is 56.9 Å². The Morgan fingerprint density at radius 1 is 1.05 bits per heavy atom. The number of hydrogen-bond donors (Lipinski definition) is 3. The zero-order valence-electron chi connectivity index (χ0n) is 23.9. The average Bonchev–Trinajstić information content (AvgIpc) is 3.33. The van der Waals surface area contributed by atoms with Crippen molar-refractivity contribution in [3.63, 3.8) is 0 Å². The van der Waals surface area contributed by atoms with E-state index in [9.17, 15) is 23.1 Å². The molecule has 2 aliphatic rings. The van der Waals surface area contributed by atoms with Gasteiger partial charge in [0.25, 0.3) is 5.91 Å². The molecule has 0 unspecified atom stereocenters. The maximum Gasteiger partial charge on any atom is 0.306 e. The number of carbonyl (C=O) groups is 2. The molecule has 0 radical (unpaired) electrons. The SMILES string of the molecule is CCC(C)(C)NS(=O)(=O)c1ccc(-c2sc(C(=O)NC3CC(C(=O)O)C3)nc2CC2CCCCC2)c2ccccc12. The Hall–Kier alpha value is -2.82. The molecule has 220 valence electrons. The van der Waals surface area contributed by atoms with Gasteiger partial charge in [0, 0.05) is 22.5 Å². The number of carboxylic acid groups (broad SMARTS) is 1. The third-order valence-corrected chi connectivity index (χ3v) is 11.5. The number of benzene rings is 2. The smallest absolute Gasteiger partial charge is 0.306 e. The molecule has 41 heavy (non-hydrogen) atoms. The highest BCUT2D eigenvalue weighted by Gasteiger charge is 2.36. The minimum absolute atomic E-state index is 0.164. The van der Waals surface area contributed by atoms with E-state index in [0.29, 0.717) is 35.6 Å². The van der Waals surface area contributed by atoms with Gasteiger partial charge in [-0.1, -0.05) is 69.4 Å². The summed E-state index contributed by atoms with van der Waals surface area (Å²) in [5, 5.41) is 13.9. The summed E-state index contributed by atoms with van der Waals surface area (Å²) in [6.07, 6.45) is 8.18. The normalized spacial score (nSPS) is 20.1. The van der Waals surface area contributed by atoms with E-state index in [-0.39, 0.29) is 16.8 Å². The Morgan fingerprint density at radius 2 is 1.73 bits per heavy atom. The Bertz CT molecular complexity index is 1550. The fraction of sp³-hybridized carbons (Fsp3) is 0.516. The van der Waals surface area contributed by atoms with Gasteiger partial charge in [0.2, 0.25) is 10.0 Å². The second kappa shape index (κ2) is 11.8. The van der Waals surface area contributed by atoms with Crippen molar-refractivity contribution in [1.29, 1.82) is 0 Å². The lowest BCUT2D eigenvalue weighted by Gasteiger charge is -2.32. The van der Waals surface area contributed by atoms with Gasteiger partial charge in [0.1, 0.15) is 0 Å². The van der Waals surface area contributed by atoms with Crippen molar-refractivity contribution in [1.82, 2.24) is 15.0 Å². The van der Waals surface area contributed by atoms with Crippen LogP contribution in [0.15, 0.2) is 41.3 Å². The van der Waals surface area contributed by atoms with Crippen molar-refractivity contribution < 1.29 is 23.1 Å². The van der Waals surface area contributed by atoms with Crippen LogP contribution in [-0.4, -0.2) is 42.0 Å². The predicted molar refractivity (Wildman–Crippen MR) is 162 cm³/mol. The summed E-state index contributed by atoms with van der Waals surface area (Å²) in [4.78, 5) is 30.4. The molecule has 3 aromatic rings. The van der Waals surface area contributed by atoms with E-state index in [2.05, 4.69) is 10.0 Å². The van der Waals surface area contributed by atoms with Crippen LogP contribution in [0.3, 0.4) is 0 Å². The first kappa shape index (κ1) is 29.7. The maximum absolute atomic E-state index is 13.5. The van der Waals surface area contributed by atoms with E-state index in [0.717, 1.165) is 40.8 Å². The zero-order chi connectivity index (χ0) is 29.4. The van der Waals surface area contributed by atoms with Crippen LogP contribution in [0.1, 0.15) is 87.6 Å². The van der Waals surface area contributed by atoms with Gasteiger partial charge in [0.15, 0.2) is 5.01 Å². The van der Waals surface area contributed by atoms with Crippen LogP contribution in [0.25, 0.3) is 21.2 Å². The molecule has 1 heterocycles. The number of amides is 1. The van der Waals surface area contributed by atoms with E-state index in [4.69, 9.17) is 4.98 Å². The molecule has 1 amide bonds. The van der Waals surface area contributed by atoms with Gasteiger partial charge >= 0.3 is 5.97 Å². The van der Waals surface area contributed by atoms with Crippen molar-refractivity contribution in [2.24, 2.45) is 11.8 Å². The standard InChI is InChI=1S/C31H39N3O5S2/c1-4-31(2,3)34-41(38,39)26-15-14-24(22-12-8-9-13-23(22)26)27-25(16-19-10-6-5-7-11-19)33-29(40-27)28(35)32-21-17-20(18-21)30(36)37/h8-9,12-15,19-21,34H,4-7,10-11,16-18H2,1-3H3,(H,32,35)(H,36,37). The predicted octanol–water partition coefficient (Wildman–Crippen LogP) is 6.15. The molecule has 2 aliphatic carbocycles. The van der Waals surface area contributed by atoms with Crippen LogP contribution >= 0.6 is 11.3 Å². The number of nitrogens with zero attached hydrogens (tertiary/aromatic N) is 1. The molecule has 0 spiro atoms. The molecule has 0 bridgehead atoms. The minimum Gasteiger partial charge on any atom is -0.481 e. The number of sulfonamides is 1. The number of aromatic nitrogens is 1. The van der Waals surface area contributed by atoms with Crippen molar-refractivity contribution >= 4 is 44.0 Å². The summed E-state index contributed by atoms with van der Waals surface area (Å²) in [7, 11) is -3.79. The third-order valence-electron chi connectivity index (χ3n) is 8.63. The van der Waals surface area contributed by atoms with Gasteiger partial charge in [-0.3, -0.25) is 9.59 Å². The number of aliphatic carboxylic acids is 1. The molecule has 2 aromatic carbocycles. The maximum atomic E-state index is 13.5. The van der Waals surface area contributed by atoms with Crippen molar-refractivity contribution in [3.05, 3.63) is 47.1 Å². The van der Waals surface area contributed by atoms with Gasteiger partial charge < -0.3 is 10.4 Å². The van der Waals surface area contributed by atoms with E-state index in [1.165, 1.54) is 30.6 Å². The van der Waals surface area contributed by atoms with Crippen molar-refractivity contribution in [2.75, 3.05) is 0 Å². The fourth-order valence-electron chi connectivity index (χ4n) is 5.84. The highest BCUT2D eigenvalue weighted by atomic mass is 32.2. The number of nitrogens with one attached hydrogen (secondary N) is 2. The average molecular weight is 598 g/mol. The molecule has 0 atom stereocenters. The molecule has 0 saturated heterocycles. The Balaban J connectivity index is 1.53. The lowest BCUT2D eigenvalue weighted by Crippen LogP contribution is -2.46. The number of carbonyl (C=O) groups excluding carboxylic acids is 1. The van der Waals surface area contributed by atoms with Crippen molar-refractivity contribution in [3.8, 4) is 10.4 Å². The summed E-state index contributed by atoms with van der Waals surface area (Å²) in [5.74, 6) is -1.02. The Labute approximate surface area is 246 Å². The van der Waals surface area contributed by atoms with Crippen LogP contribution in [0.2, 0.25) is 0 Å². The monoisotopic (exact) mass is 597 g/mol. The lowest BCUT2D eigenvalue weighted by molar-refractivity contribution is -0.145. The molecular weight excluding hydrogens is 558 g/mol. The van der Waals surface area contributed by atoms with Crippen molar-refractivity contribution in [2.45, 2.75) is 95.0 Å². The van der Waals surface area contributed by atoms with Gasteiger partial charge in [-0.2, -0.15) is 0 Å². The van der Waals surface area contributed by atoms with Gasteiger partial charge in [-0.15, -0.1) is 11.3 Å². The van der Waals surface area contributed by atoms with Crippen LogP contribution in [0, 0.1) is 11.8 Å². The van der Waals surface area contributed by atoms with Crippen LogP contribution < -0.4 is 10.0 Å². The van der Waals surface area contributed by atoms with E-state index >= 15 is 0 Å². The lowest BCUT2D eigenvalue weighted by atomic mass is 9.80. The summed E-state index contributed by atoms with van der Waals surface area (Å²) >= 11 is 1.33. The summed E-state index contributed by atoms with van der Waals surface area (Å²) in [6.45, 7) is 5.69. The molecule has 2 saturated carbocycles. The second-order valence-corrected chi connectivity index (χ2v) is 14.8. The summed E-state index contributed by atoms with van der Waals surface area (Å²) < 4.78 is 29.8. The zero-order valence-corrected chi connectivity index (χ0v) is 25.5. The first-order chi connectivity index (χ1) is 19.5. The Kier molecular flexibility index (Phi) is 8.55. The van der Waals surface area contributed by atoms with E-state index in [1.807, 2.05) is 51.1 Å². The van der Waals surface area contributed by atoms with Gasteiger partial charge in [-0.25, -0.2) is 18.1 Å². The fourth-order valence-corrected chi connectivity index (χ4v) is 8.57. The molecule has 2 fully saturated rings. The minimum atomic E-state index is -3.79. The van der Waals surface area contributed by atoms with Gasteiger partial charge in [0.05, 0.1) is 21.4 Å². The molecule has 1 aromatic heterocycles. The number of rotatable bonds is 10. The topological polar surface area (TPSA) is 125 Å². The molecule has 3 N–H and O–H groups in total. The highest BCUT2D eigenvalue weighted by Crippen LogP contribution is 2.40. The molecular formula is C31H39N3O5S2. The second-order valence-electron chi connectivity index (χ2n) is 12.2. The van der Waals surface area contributed by atoms with E-state index < -0.39 is 27.4 Å². The number of fused-ring (bicyclic) bond motifs is 1. The van der Waals surface area contributed by atoms with Crippen LogP contribution in [-0.2, 0) is 21.2 Å². The highest BCUT2D eigenvalue weighted by molar-refractivity contribution is 7.89. The summed E-state index contributed by atoms with van der Waals surface area (Å²) in [5.41, 5.74) is 1.15. The number of hydrogen-bond acceptors (Lipinski definition) is 6. The summed E-state index contributed by atoms with van der Waals surface area (Å²) in [6, 6.07) is 10.8. The largest absolute Gasteiger partial charge is 0.481 e. The first-order valence-electron chi connectivity index (χ1n) is 14.6. The van der Waals surface area contributed by atoms with Crippen LogP contribution in [0.5, 0.6) is 0 Å². The molecule has 10 heteroatoms. The van der Waals surface area contributed by atoms with E-state index in [1.54, 1.807) is 6.07 Å². The quantitative estimate of drug-likeness (QED) is 0.258. The number of carboxylic acids is 1. The first-order valence-corrected chi connectivity index (χ1v) is 16.9. The third kappa shape index (κ3) is 6.49. The molecule has 0 aliphatic heterocycles. The Morgan fingerprint density at radius 3 is 2.39 bits per heavy atom. The molecule has 5 rings (SSSR count). The molecule has 8 nitrogen and oxygen atoms in total. The van der Waals surface area contributed by atoms with Crippen LogP contribution in [0.4, 0.5) is 0 Å².